The Hall–Kier alpha value is -2.35. The molecule has 4 rings (SSSR count). The molecule has 1 N–H and O–H groups in total. The molecule has 0 spiro atoms. The summed E-state index contributed by atoms with van der Waals surface area (Å²) in [4.78, 5) is 4.62. The minimum Gasteiger partial charge on any atom is -0.497 e. The monoisotopic (exact) mass is 402 g/mol. The van der Waals surface area contributed by atoms with Gasteiger partial charge in [-0.25, -0.2) is 4.39 Å². The van der Waals surface area contributed by atoms with Crippen LogP contribution in [0, 0.1) is 5.82 Å². The van der Waals surface area contributed by atoms with Crippen molar-refractivity contribution in [3.05, 3.63) is 53.3 Å². The lowest BCUT2D eigenvalue weighted by atomic mass is 10.1. The number of aliphatic hydroxyl groups is 1. The van der Waals surface area contributed by atoms with Crippen LogP contribution in [-0.2, 0) is 13.1 Å². The molecule has 0 radical (unpaired) electrons. The van der Waals surface area contributed by atoms with Crippen LogP contribution in [0.1, 0.15) is 17.5 Å². The number of nitrogens with zero attached hydrogens (tertiary/aromatic N) is 2. The number of ether oxygens (including phenoxy) is 3. The quantitative estimate of drug-likeness (QED) is 0.769. The fourth-order valence-corrected chi connectivity index (χ4v) is 4.09. The maximum Gasteiger partial charge on any atom is 0.231 e. The van der Waals surface area contributed by atoms with Gasteiger partial charge in [0, 0.05) is 62.6 Å². The first-order chi connectivity index (χ1) is 14.2. The normalized spacial score (nSPS) is 19.5. The van der Waals surface area contributed by atoms with Gasteiger partial charge in [0.15, 0.2) is 11.5 Å². The fraction of sp³-hybridized carbons (Fsp3) is 0.455. The molecule has 0 amide bonds. The Labute approximate surface area is 170 Å². The van der Waals surface area contributed by atoms with Crippen molar-refractivity contribution in [2.45, 2.75) is 25.6 Å². The highest BCUT2D eigenvalue weighted by Crippen LogP contribution is 2.36. The third-order valence-electron chi connectivity index (χ3n) is 5.66. The van der Waals surface area contributed by atoms with Gasteiger partial charge < -0.3 is 19.3 Å². The number of benzene rings is 2. The largest absolute Gasteiger partial charge is 0.497 e. The molecule has 7 heteroatoms. The average molecular weight is 402 g/mol. The van der Waals surface area contributed by atoms with Crippen molar-refractivity contribution >= 4 is 0 Å². The lowest BCUT2D eigenvalue weighted by Crippen LogP contribution is -2.52. The Bertz CT molecular complexity index is 848. The second kappa shape index (κ2) is 8.98. The molecule has 2 heterocycles. The van der Waals surface area contributed by atoms with Crippen LogP contribution in [0.2, 0.25) is 0 Å². The summed E-state index contributed by atoms with van der Waals surface area (Å²) in [5.41, 5.74) is 1.76. The molecule has 156 valence electrons. The van der Waals surface area contributed by atoms with E-state index in [9.17, 15) is 9.50 Å². The zero-order valence-corrected chi connectivity index (χ0v) is 16.6. The summed E-state index contributed by atoms with van der Waals surface area (Å²) < 4.78 is 30.6. The minimum atomic E-state index is -0.258. The van der Waals surface area contributed by atoms with E-state index in [1.165, 1.54) is 13.2 Å². The summed E-state index contributed by atoms with van der Waals surface area (Å²) in [6, 6.07) is 11.1. The summed E-state index contributed by atoms with van der Waals surface area (Å²) in [6.07, 6.45) is 0.654. The van der Waals surface area contributed by atoms with Crippen molar-refractivity contribution in [3.8, 4) is 17.2 Å². The lowest BCUT2D eigenvalue weighted by molar-refractivity contribution is 0.0488. The van der Waals surface area contributed by atoms with Gasteiger partial charge in [-0.05, 0) is 18.6 Å². The van der Waals surface area contributed by atoms with Crippen molar-refractivity contribution in [2.75, 3.05) is 40.1 Å². The maximum atomic E-state index is 14.4. The first kappa shape index (κ1) is 19.9. The number of methoxy groups -OCH3 is 1. The molecule has 2 aromatic rings. The summed E-state index contributed by atoms with van der Waals surface area (Å²) in [5.74, 6) is 1.88. The Morgan fingerprint density at radius 2 is 2.03 bits per heavy atom. The van der Waals surface area contributed by atoms with E-state index < -0.39 is 0 Å². The number of aliphatic hydroxyl groups excluding tert-OH is 1. The van der Waals surface area contributed by atoms with Gasteiger partial charge in [0.1, 0.15) is 11.6 Å². The van der Waals surface area contributed by atoms with E-state index in [0.717, 1.165) is 43.2 Å². The second-order valence-corrected chi connectivity index (χ2v) is 7.48. The van der Waals surface area contributed by atoms with Crippen molar-refractivity contribution < 1.29 is 23.7 Å². The molecule has 0 aromatic heterocycles. The van der Waals surface area contributed by atoms with Gasteiger partial charge in [-0.3, -0.25) is 9.80 Å². The van der Waals surface area contributed by atoms with Gasteiger partial charge in [0.05, 0.1) is 7.11 Å². The van der Waals surface area contributed by atoms with Crippen LogP contribution < -0.4 is 14.2 Å². The smallest absolute Gasteiger partial charge is 0.231 e. The van der Waals surface area contributed by atoms with Crippen LogP contribution in [0.25, 0.3) is 0 Å². The highest BCUT2D eigenvalue weighted by Gasteiger charge is 2.28. The van der Waals surface area contributed by atoms with Crippen LogP contribution in [-0.4, -0.2) is 61.1 Å². The Morgan fingerprint density at radius 1 is 1.14 bits per heavy atom. The van der Waals surface area contributed by atoms with E-state index >= 15 is 0 Å². The van der Waals surface area contributed by atoms with E-state index in [-0.39, 0.29) is 25.3 Å². The van der Waals surface area contributed by atoms with E-state index in [0.29, 0.717) is 24.3 Å². The number of hydrogen-bond donors (Lipinski definition) is 1. The molecule has 0 bridgehead atoms. The van der Waals surface area contributed by atoms with Gasteiger partial charge in [-0.1, -0.05) is 18.2 Å². The van der Waals surface area contributed by atoms with Gasteiger partial charge in [0.25, 0.3) is 0 Å². The summed E-state index contributed by atoms with van der Waals surface area (Å²) in [5, 5.41) is 9.56. The third-order valence-corrected chi connectivity index (χ3v) is 5.66. The number of fused-ring (bicyclic) bond motifs is 1. The molecular formula is C22H27FN2O4. The Kier molecular flexibility index (Phi) is 6.18. The molecule has 0 aliphatic carbocycles. The van der Waals surface area contributed by atoms with Crippen LogP contribution in [0.4, 0.5) is 4.39 Å². The number of para-hydroxylation sites is 1. The SMILES string of the molecule is COc1ccc(CN2CCN(Cc3cccc4c3OCO4)C[C@H]2CCO)c(F)c1. The van der Waals surface area contributed by atoms with E-state index in [2.05, 4.69) is 15.9 Å². The number of halogens is 1. The first-order valence-corrected chi connectivity index (χ1v) is 9.95. The molecule has 1 atom stereocenters. The van der Waals surface area contributed by atoms with Gasteiger partial charge in [-0.2, -0.15) is 0 Å². The number of rotatable bonds is 7. The second-order valence-electron chi connectivity index (χ2n) is 7.48. The van der Waals surface area contributed by atoms with E-state index in [4.69, 9.17) is 14.2 Å². The summed E-state index contributed by atoms with van der Waals surface area (Å²) in [6.45, 7) is 4.14. The van der Waals surface area contributed by atoms with Crippen LogP contribution in [0.5, 0.6) is 17.2 Å². The topological polar surface area (TPSA) is 54.4 Å². The van der Waals surface area contributed by atoms with Crippen molar-refractivity contribution in [1.29, 1.82) is 0 Å². The molecule has 1 fully saturated rings. The van der Waals surface area contributed by atoms with Gasteiger partial charge in [0.2, 0.25) is 6.79 Å². The number of piperazine rings is 1. The lowest BCUT2D eigenvalue weighted by Gasteiger charge is -2.41. The van der Waals surface area contributed by atoms with Crippen molar-refractivity contribution in [1.82, 2.24) is 9.80 Å². The average Bonchev–Trinajstić information content (AvgIpc) is 3.21. The Balaban J connectivity index is 1.43. The van der Waals surface area contributed by atoms with Gasteiger partial charge >= 0.3 is 0 Å². The van der Waals surface area contributed by atoms with Crippen LogP contribution in [0.15, 0.2) is 36.4 Å². The molecule has 1 saturated heterocycles. The maximum absolute atomic E-state index is 14.4. The minimum absolute atomic E-state index is 0.109. The molecule has 0 unspecified atom stereocenters. The van der Waals surface area contributed by atoms with Crippen LogP contribution in [0.3, 0.4) is 0 Å². The van der Waals surface area contributed by atoms with Crippen LogP contribution >= 0.6 is 0 Å². The summed E-state index contributed by atoms with van der Waals surface area (Å²) >= 11 is 0. The molecule has 6 nitrogen and oxygen atoms in total. The molecular weight excluding hydrogens is 375 g/mol. The van der Waals surface area contributed by atoms with Gasteiger partial charge in [-0.15, -0.1) is 0 Å². The Morgan fingerprint density at radius 3 is 2.83 bits per heavy atom. The third kappa shape index (κ3) is 4.47. The first-order valence-electron chi connectivity index (χ1n) is 9.95. The molecule has 29 heavy (non-hydrogen) atoms. The zero-order chi connectivity index (χ0) is 20.2. The fourth-order valence-electron chi connectivity index (χ4n) is 4.09. The van der Waals surface area contributed by atoms with E-state index in [1.807, 2.05) is 12.1 Å². The molecule has 2 aromatic carbocycles. The predicted molar refractivity (Wildman–Crippen MR) is 107 cm³/mol. The van der Waals surface area contributed by atoms with Crippen molar-refractivity contribution in [3.63, 3.8) is 0 Å². The standard InChI is InChI=1S/C22H27FN2O4/c1-27-19-6-5-16(20(23)11-19)13-25-9-8-24(14-18(25)7-10-26)12-17-3-2-4-21-22(17)29-15-28-21/h2-6,11,18,26H,7-10,12-15H2,1H3/t18-/m1/s1. The summed E-state index contributed by atoms with van der Waals surface area (Å²) in [7, 11) is 1.53. The van der Waals surface area contributed by atoms with Crippen molar-refractivity contribution in [2.24, 2.45) is 0 Å². The highest BCUT2D eigenvalue weighted by molar-refractivity contribution is 5.48. The number of hydrogen-bond acceptors (Lipinski definition) is 6. The van der Waals surface area contributed by atoms with E-state index in [1.54, 1.807) is 12.1 Å². The molecule has 2 aliphatic heterocycles. The zero-order valence-electron chi connectivity index (χ0n) is 16.6. The predicted octanol–water partition coefficient (Wildman–Crippen LogP) is 2.63. The molecule has 2 aliphatic rings. The molecule has 0 saturated carbocycles. The highest BCUT2D eigenvalue weighted by atomic mass is 19.1.